The fraction of sp³-hybridized carbons (Fsp3) is 0.462. The SMILES string of the molecule is CSc1ccc(C(=O)NC[C@H]2CCCO2)cc1[N+](=O)[O-]. The molecule has 1 atom stereocenters. The molecule has 20 heavy (non-hydrogen) atoms. The maximum atomic E-state index is 12.0. The fourth-order valence-electron chi connectivity index (χ4n) is 2.09. The molecule has 108 valence electrons. The van der Waals surface area contributed by atoms with E-state index in [0.29, 0.717) is 17.0 Å². The number of carbonyl (C=O) groups excluding carboxylic acids is 1. The number of ether oxygens (including phenoxy) is 1. The van der Waals surface area contributed by atoms with E-state index in [2.05, 4.69) is 5.32 Å². The molecular formula is C13H16N2O4S. The number of rotatable bonds is 5. The number of nitrogens with one attached hydrogen (secondary N) is 1. The van der Waals surface area contributed by atoms with Crippen LogP contribution in [0, 0.1) is 10.1 Å². The number of benzene rings is 1. The van der Waals surface area contributed by atoms with Crippen LogP contribution in [0.2, 0.25) is 0 Å². The fourth-order valence-corrected chi connectivity index (χ4v) is 2.63. The number of carbonyl (C=O) groups is 1. The van der Waals surface area contributed by atoms with Gasteiger partial charge in [-0.3, -0.25) is 14.9 Å². The van der Waals surface area contributed by atoms with Gasteiger partial charge in [-0.15, -0.1) is 11.8 Å². The lowest BCUT2D eigenvalue weighted by molar-refractivity contribution is -0.387. The second-order valence-electron chi connectivity index (χ2n) is 4.49. The summed E-state index contributed by atoms with van der Waals surface area (Å²) in [6.45, 7) is 1.17. The highest BCUT2D eigenvalue weighted by molar-refractivity contribution is 7.98. The van der Waals surface area contributed by atoms with E-state index in [9.17, 15) is 14.9 Å². The third-order valence-electron chi connectivity index (χ3n) is 3.15. The first kappa shape index (κ1) is 14.8. The molecule has 1 amide bonds. The largest absolute Gasteiger partial charge is 0.376 e. The summed E-state index contributed by atoms with van der Waals surface area (Å²) in [6, 6.07) is 4.52. The van der Waals surface area contributed by atoms with Crippen LogP contribution in [0.4, 0.5) is 5.69 Å². The van der Waals surface area contributed by atoms with Crippen LogP contribution in [0.1, 0.15) is 23.2 Å². The number of nitrogens with zero attached hydrogens (tertiary/aromatic N) is 1. The van der Waals surface area contributed by atoms with Gasteiger partial charge in [-0.05, 0) is 31.2 Å². The van der Waals surface area contributed by atoms with Crippen LogP contribution in [0.5, 0.6) is 0 Å². The van der Waals surface area contributed by atoms with Crippen LogP contribution in [0.25, 0.3) is 0 Å². The lowest BCUT2D eigenvalue weighted by Gasteiger charge is -2.11. The van der Waals surface area contributed by atoms with Gasteiger partial charge in [0.25, 0.3) is 11.6 Å². The zero-order valence-corrected chi connectivity index (χ0v) is 11.9. The Labute approximate surface area is 121 Å². The second kappa shape index (κ2) is 6.71. The molecule has 7 heteroatoms. The molecule has 0 saturated carbocycles. The highest BCUT2D eigenvalue weighted by Crippen LogP contribution is 2.28. The number of hydrogen-bond acceptors (Lipinski definition) is 5. The van der Waals surface area contributed by atoms with Crippen molar-refractivity contribution in [2.75, 3.05) is 19.4 Å². The molecule has 1 aromatic rings. The summed E-state index contributed by atoms with van der Waals surface area (Å²) in [5, 5.41) is 13.7. The number of amides is 1. The number of nitro benzene ring substituents is 1. The smallest absolute Gasteiger partial charge is 0.283 e. The van der Waals surface area contributed by atoms with Gasteiger partial charge in [0.05, 0.1) is 15.9 Å². The van der Waals surface area contributed by atoms with E-state index in [4.69, 9.17) is 4.74 Å². The van der Waals surface area contributed by atoms with Crippen molar-refractivity contribution in [3.63, 3.8) is 0 Å². The molecule has 0 aromatic heterocycles. The summed E-state index contributed by atoms with van der Waals surface area (Å²) in [5.74, 6) is -0.309. The molecule has 1 N–H and O–H groups in total. The third kappa shape index (κ3) is 3.49. The van der Waals surface area contributed by atoms with Gasteiger partial charge in [0.1, 0.15) is 0 Å². The van der Waals surface area contributed by atoms with Crippen LogP contribution in [-0.2, 0) is 4.74 Å². The average molecular weight is 296 g/mol. The van der Waals surface area contributed by atoms with Gasteiger partial charge in [0.15, 0.2) is 0 Å². The average Bonchev–Trinajstić information content (AvgIpc) is 2.97. The monoisotopic (exact) mass is 296 g/mol. The first-order valence-electron chi connectivity index (χ1n) is 6.34. The van der Waals surface area contributed by atoms with E-state index in [1.165, 1.54) is 17.8 Å². The summed E-state index contributed by atoms with van der Waals surface area (Å²) in [6.07, 6.45) is 3.76. The van der Waals surface area contributed by atoms with Crippen molar-refractivity contribution in [2.24, 2.45) is 0 Å². The highest BCUT2D eigenvalue weighted by atomic mass is 32.2. The summed E-state index contributed by atoms with van der Waals surface area (Å²) < 4.78 is 5.41. The molecule has 2 rings (SSSR count). The predicted octanol–water partition coefficient (Wildman–Crippen LogP) is 2.23. The minimum Gasteiger partial charge on any atom is -0.376 e. The zero-order chi connectivity index (χ0) is 14.5. The first-order valence-corrected chi connectivity index (χ1v) is 7.56. The van der Waals surface area contributed by atoms with Gasteiger partial charge in [0.2, 0.25) is 0 Å². The van der Waals surface area contributed by atoms with Gasteiger partial charge in [-0.25, -0.2) is 0 Å². The van der Waals surface area contributed by atoms with Crippen molar-refractivity contribution < 1.29 is 14.5 Å². The van der Waals surface area contributed by atoms with Crippen LogP contribution in [0.15, 0.2) is 23.1 Å². The van der Waals surface area contributed by atoms with Crippen molar-refractivity contribution >= 4 is 23.4 Å². The van der Waals surface area contributed by atoms with E-state index >= 15 is 0 Å². The van der Waals surface area contributed by atoms with Gasteiger partial charge in [-0.2, -0.15) is 0 Å². The molecule has 1 heterocycles. The lowest BCUT2D eigenvalue weighted by atomic mass is 10.2. The van der Waals surface area contributed by atoms with E-state index < -0.39 is 4.92 Å². The Kier molecular flexibility index (Phi) is 4.97. The molecule has 0 unspecified atom stereocenters. The Balaban J connectivity index is 2.05. The number of thioether (sulfide) groups is 1. The van der Waals surface area contributed by atoms with E-state index in [1.807, 2.05) is 0 Å². The third-order valence-corrected chi connectivity index (χ3v) is 3.94. The van der Waals surface area contributed by atoms with Gasteiger partial charge in [0, 0.05) is 24.8 Å². The Bertz CT molecular complexity index is 515. The Morgan fingerprint density at radius 3 is 3.00 bits per heavy atom. The summed E-state index contributed by atoms with van der Waals surface area (Å²) in [5.41, 5.74) is 0.259. The summed E-state index contributed by atoms with van der Waals surface area (Å²) >= 11 is 1.28. The molecule has 1 saturated heterocycles. The van der Waals surface area contributed by atoms with Crippen molar-refractivity contribution in [3.8, 4) is 0 Å². The maximum Gasteiger partial charge on any atom is 0.283 e. The van der Waals surface area contributed by atoms with Crippen molar-refractivity contribution in [3.05, 3.63) is 33.9 Å². The Morgan fingerprint density at radius 2 is 2.40 bits per heavy atom. The van der Waals surface area contributed by atoms with Crippen LogP contribution in [-0.4, -0.2) is 36.3 Å². The topological polar surface area (TPSA) is 81.5 Å². The minimum atomic E-state index is -0.470. The molecule has 0 radical (unpaired) electrons. The lowest BCUT2D eigenvalue weighted by Crippen LogP contribution is -2.31. The highest BCUT2D eigenvalue weighted by Gasteiger charge is 2.19. The molecule has 0 spiro atoms. The molecule has 0 aliphatic carbocycles. The Morgan fingerprint density at radius 1 is 1.60 bits per heavy atom. The summed E-state index contributed by atoms with van der Waals surface area (Å²) in [4.78, 5) is 23.0. The van der Waals surface area contributed by atoms with Gasteiger partial charge >= 0.3 is 0 Å². The van der Waals surface area contributed by atoms with E-state index in [1.54, 1.807) is 18.4 Å². The molecule has 1 aliphatic heterocycles. The molecule has 0 bridgehead atoms. The van der Waals surface area contributed by atoms with E-state index in [-0.39, 0.29) is 17.7 Å². The Hall–Kier alpha value is -1.60. The molecule has 1 aliphatic rings. The van der Waals surface area contributed by atoms with Crippen molar-refractivity contribution in [1.29, 1.82) is 0 Å². The quantitative estimate of drug-likeness (QED) is 0.512. The standard InChI is InChI=1S/C13H16N2O4S/c1-20-12-5-4-9(7-11(12)15(17)18)13(16)14-8-10-3-2-6-19-10/h4-5,7,10H,2-3,6,8H2,1H3,(H,14,16)/t10-/m1/s1. The molecule has 1 fully saturated rings. The molecule has 1 aromatic carbocycles. The van der Waals surface area contributed by atoms with Gasteiger partial charge in [-0.1, -0.05) is 0 Å². The van der Waals surface area contributed by atoms with Crippen LogP contribution < -0.4 is 5.32 Å². The predicted molar refractivity (Wildman–Crippen MR) is 76.2 cm³/mol. The number of hydrogen-bond donors (Lipinski definition) is 1. The van der Waals surface area contributed by atoms with Crippen molar-refractivity contribution in [1.82, 2.24) is 5.32 Å². The second-order valence-corrected chi connectivity index (χ2v) is 5.34. The van der Waals surface area contributed by atoms with Crippen LogP contribution >= 0.6 is 11.8 Å². The molecule has 6 nitrogen and oxygen atoms in total. The maximum absolute atomic E-state index is 12.0. The van der Waals surface area contributed by atoms with Gasteiger partial charge < -0.3 is 10.1 Å². The molecular weight excluding hydrogens is 280 g/mol. The summed E-state index contributed by atoms with van der Waals surface area (Å²) in [7, 11) is 0. The normalized spacial score (nSPS) is 17.9. The van der Waals surface area contributed by atoms with E-state index in [0.717, 1.165) is 19.4 Å². The first-order chi connectivity index (χ1) is 9.61. The van der Waals surface area contributed by atoms with Crippen LogP contribution in [0.3, 0.4) is 0 Å². The zero-order valence-electron chi connectivity index (χ0n) is 11.1. The number of nitro groups is 1. The van der Waals surface area contributed by atoms with Crippen molar-refractivity contribution in [2.45, 2.75) is 23.8 Å². The minimum absolute atomic E-state index is 0.0396.